The molecule has 2 fully saturated rings. The summed E-state index contributed by atoms with van der Waals surface area (Å²) in [6, 6.07) is 1.71. The molecule has 0 aliphatic carbocycles. The molecule has 2 aliphatic rings. The molecule has 9 nitrogen and oxygen atoms in total. The largest absolute Gasteiger partial charge is 0.379 e. The van der Waals surface area contributed by atoms with Gasteiger partial charge in [0.1, 0.15) is 5.69 Å². The number of amides is 2. The SMILES string of the molecule is Cc1cc(C(=O)N2CCN(C=O)CC2)nc(NCCN2CCOCC2)n1. The van der Waals surface area contributed by atoms with Crippen LogP contribution in [0.1, 0.15) is 16.2 Å². The molecule has 0 atom stereocenters. The molecule has 26 heavy (non-hydrogen) atoms. The predicted molar refractivity (Wildman–Crippen MR) is 96.1 cm³/mol. The summed E-state index contributed by atoms with van der Waals surface area (Å²) in [6.07, 6.45) is 0.827. The van der Waals surface area contributed by atoms with E-state index >= 15 is 0 Å². The first kappa shape index (κ1) is 18.5. The smallest absolute Gasteiger partial charge is 0.272 e. The lowest BCUT2D eigenvalue weighted by Gasteiger charge is -2.32. The molecule has 1 N–H and O–H groups in total. The number of carbonyl (C=O) groups excluding carboxylic acids is 2. The average molecular weight is 362 g/mol. The van der Waals surface area contributed by atoms with Crippen LogP contribution < -0.4 is 5.32 Å². The van der Waals surface area contributed by atoms with Crippen molar-refractivity contribution >= 4 is 18.3 Å². The van der Waals surface area contributed by atoms with E-state index in [0.29, 0.717) is 37.8 Å². The van der Waals surface area contributed by atoms with Crippen molar-refractivity contribution in [1.82, 2.24) is 24.7 Å². The highest BCUT2D eigenvalue weighted by molar-refractivity contribution is 5.92. The van der Waals surface area contributed by atoms with Crippen molar-refractivity contribution in [2.45, 2.75) is 6.92 Å². The standard InChI is InChI=1S/C17H26N6O3/c1-14-12-15(16(25)23-6-4-22(13-24)5-7-23)20-17(19-14)18-2-3-21-8-10-26-11-9-21/h12-13H,2-11H2,1H3,(H,18,19,20). The number of nitrogens with one attached hydrogen (secondary N) is 1. The van der Waals surface area contributed by atoms with E-state index in [4.69, 9.17) is 4.74 Å². The van der Waals surface area contributed by atoms with Gasteiger partial charge in [-0.1, -0.05) is 0 Å². The number of aryl methyl sites for hydroxylation is 1. The molecule has 0 spiro atoms. The van der Waals surface area contributed by atoms with Crippen LogP contribution in [0.4, 0.5) is 5.95 Å². The summed E-state index contributed by atoms with van der Waals surface area (Å²) in [5.74, 6) is 0.366. The normalized spacial score (nSPS) is 18.7. The van der Waals surface area contributed by atoms with Crippen molar-refractivity contribution in [1.29, 1.82) is 0 Å². The first-order valence-electron chi connectivity index (χ1n) is 9.04. The Balaban J connectivity index is 1.56. The van der Waals surface area contributed by atoms with Gasteiger partial charge >= 0.3 is 0 Å². The molecule has 0 unspecified atom stereocenters. The number of piperazine rings is 1. The fourth-order valence-electron chi connectivity index (χ4n) is 3.10. The van der Waals surface area contributed by atoms with Crippen molar-refractivity contribution < 1.29 is 14.3 Å². The molecule has 1 aromatic heterocycles. The van der Waals surface area contributed by atoms with Crippen molar-refractivity contribution in [3.8, 4) is 0 Å². The Labute approximate surface area is 153 Å². The van der Waals surface area contributed by atoms with Crippen LogP contribution in [0.5, 0.6) is 0 Å². The Morgan fingerprint density at radius 2 is 1.92 bits per heavy atom. The highest BCUT2D eigenvalue weighted by Crippen LogP contribution is 2.10. The van der Waals surface area contributed by atoms with Crippen LogP contribution in [0.3, 0.4) is 0 Å². The second-order valence-electron chi connectivity index (χ2n) is 6.53. The number of morpholine rings is 1. The van der Waals surface area contributed by atoms with Gasteiger partial charge in [0.25, 0.3) is 5.91 Å². The van der Waals surface area contributed by atoms with Crippen LogP contribution in [-0.2, 0) is 9.53 Å². The molecular weight excluding hydrogens is 336 g/mol. The summed E-state index contributed by atoms with van der Waals surface area (Å²) in [5, 5.41) is 3.22. The van der Waals surface area contributed by atoms with Gasteiger partial charge in [0.05, 0.1) is 13.2 Å². The van der Waals surface area contributed by atoms with Gasteiger partial charge in [-0.2, -0.15) is 0 Å². The lowest BCUT2D eigenvalue weighted by molar-refractivity contribution is -0.119. The quantitative estimate of drug-likeness (QED) is 0.679. The molecule has 9 heteroatoms. The van der Waals surface area contributed by atoms with E-state index in [0.717, 1.165) is 51.5 Å². The molecule has 0 radical (unpaired) electrons. The number of hydrogen-bond donors (Lipinski definition) is 1. The molecule has 3 rings (SSSR count). The summed E-state index contributed by atoms with van der Waals surface area (Å²) in [6.45, 7) is 9.06. The first-order chi connectivity index (χ1) is 12.7. The molecule has 3 heterocycles. The summed E-state index contributed by atoms with van der Waals surface area (Å²) in [5.41, 5.74) is 1.15. The van der Waals surface area contributed by atoms with Crippen LogP contribution in [-0.4, -0.2) is 103 Å². The van der Waals surface area contributed by atoms with Gasteiger partial charge in [-0.25, -0.2) is 9.97 Å². The number of hydrogen-bond acceptors (Lipinski definition) is 7. The molecule has 2 saturated heterocycles. The molecule has 2 aliphatic heterocycles. The summed E-state index contributed by atoms with van der Waals surface area (Å²) < 4.78 is 5.34. The predicted octanol–water partition coefficient (Wildman–Crippen LogP) is -0.557. The third kappa shape index (κ3) is 4.89. The number of ether oxygens (including phenoxy) is 1. The van der Waals surface area contributed by atoms with Crippen LogP contribution in [0, 0.1) is 6.92 Å². The van der Waals surface area contributed by atoms with E-state index in [-0.39, 0.29) is 5.91 Å². The second-order valence-corrected chi connectivity index (χ2v) is 6.53. The van der Waals surface area contributed by atoms with E-state index < -0.39 is 0 Å². The van der Waals surface area contributed by atoms with Gasteiger partial charge in [0.15, 0.2) is 0 Å². The van der Waals surface area contributed by atoms with Gasteiger partial charge in [0, 0.05) is 58.1 Å². The van der Waals surface area contributed by atoms with Crippen molar-refractivity contribution in [3.63, 3.8) is 0 Å². The fraction of sp³-hybridized carbons (Fsp3) is 0.647. The maximum Gasteiger partial charge on any atom is 0.272 e. The number of anilines is 1. The third-order valence-corrected chi connectivity index (χ3v) is 4.64. The Morgan fingerprint density at radius 1 is 1.19 bits per heavy atom. The second kappa shape index (κ2) is 8.91. The third-order valence-electron chi connectivity index (χ3n) is 4.64. The number of nitrogens with zero attached hydrogens (tertiary/aromatic N) is 5. The Hall–Kier alpha value is -2.26. The van der Waals surface area contributed by atoms with Crippen LogP contribution in [0.25, 0.3) is 0 Å². The minimum Gasteiger partial charge on any atom is -0.379 e. The molecule has 0 saturated carbocycles. The minimum atomic E-state index is -0.114. The van der Waals surface area contributed by atoms with E-state index in [1.165, 1.54) is 0 Å². The van der Waals surface area contributed by atoms with Crippen molar-refractivity contribution in [2.24, 2.45) is 0 Å². The zero-order valence-corrected chi connectivity index (χ0v) is 15.2. The Morgan fingerprint density at radius 3 is 2.62 bits per heavy atom. The highest BCUT2D eigenvalue weighted by Gasteiger charge is 2.23. The molecule has 142 valence electrons. The summed E-state index contributed by atoms with van der Waals surface area (Å²) in [7, 11) is 0. The lowest BCUT2D eigenvalue weighted by atomic mass is 10.2. The van der Waals surface area contributed by atoms with E-state index in [9.17, 15) is 9.59 Å². The van der Waals surface area contributed by atoms with Gasteiger partial charge in [-0.05, 0) is 13.0 Å². The molecule has 1 aromatic rings. The number of aromatic nitrogens is 2. The average Bonchev–Trinajstić information content (AvgIpc) is 2.68. The van der Waals surface area contributed by atoms with Gasteiger partial charge in [-0.15, -0.1) is 0 Å². The molecular formula is C17H26N6O3. The minimum absolute atomic E-state index is 0.114. The summed E-state index contributed by atoms with van der Waals surface area (Å²) in [4.78, 5) is 38.0. The van der Waals surface area contributed by atoms with Gasteiger partial charge in [-0.3, -0.25) is 14.5 Å². The van der Waals surface area contributed by atoms with Crippen molar-refractivity contribution in [2.75, 3.05) is 70.9 Å². The van der Waals surface area contributed by atoms with Crippen LogP contribution in [0.2, 0.25) is 0 Å². The van der Waals surface area contributed by atoms with Crippen molar-refractivity contribution in [3.05, 3.63) is 17.5 Å². The zero-order chi connectivity index (χ0) is 18.4. The molecule has 0 bridgehead atoms. The lowest BCUT2D eigenvalue weighted by Crippen LogP contribution is -2.48. The Kier molecular flexibility index (Phi) is 6.35. The van der Waals surface area contributed by atoms with Crippen LogP contribution in [0.15, 0.2) is 6.07 Å². The first-order valence-corrected chi connectivity index (χ1v) is 9.04. The topological polar surface area (TPSA) is 90.9 Å². The fourth-order valence-corrected chi connectivity index (χ4v) is 3.10. The van der Waals surface area contributed by atoms with E-state index in [1.807, 2.05) is 6.92 Å². The van der Waals surface area contributed by atoms with Gasteiger partial charge < -0.3 is 19.9 Å². The van der Waals surface area contributed by atoms with Crippen LogP contribution >= 0.6 is 0 Å². The summed E-state index contributed by atoms with van der Waals surface area (Å²) >= 11 is 0. The van der Waals surface area contributed by atoms with Gasteiger partial charge in [0.2, 0.25) is 12.4 Å². The van der Waals surface area contributed by atoms with E-state index in [2.05, 4.69) is 20.2 Å². The molecule has 2 amide bonds. The number of rotatable bonds is 6. The zero-order valence-electron chi connectivity index (χ0n) is 15.2. The maximum atomic E-state index is 12.7. The van der Waals surface area contributed by atoms with E-state index in [1.54, 1.807) is 15.9 Å². The monoisotopic (exact) mass is 362 g/mol. The number of carbonyl (C=O) groups is 2. The Bertz CT molecular complexity index is 627. The maximum absolute atomic E-state index is 12.7. The molecule has 0 aromatic carbocycles. The highest BCUT2D eigenvalue weighted by atomic mass is 16.5.